The fourth-order valence-electron chi connectivity index (χ4n) is 2.62. The normalized spacial score (nSPS) is 18.7. The fourth-order valence-corrected chi connectivity index (χ4v) is 2.88. The van der Waals surface area contributed by atoms with Gasteiger partial charge in [-0.25, -0.2) is 4.79 Å². The van der Waals surface area contributed by atoms with E-state index < -0.39 is 11.7 Å². The average Bonchev–Trinajstić information content (AvgIpc) is 2.46. The van der Waals surface area contributed by atoms with Gasteiger partial charge in [0.05, 0.1) is 6.10 Å². The van der Waals surface area contributed by atoms with Gasteiger partial charge in [-0.1, -0.05) is 28.1 Å². The first-order valence-electron chi connectivity index (χ1n) is 7.79. The van der Waals surface area contributed by atoms with E-state index in [1.807, 2.05) is 45.0 Å². The van der Waals surface area contributed by atoms with Crippen molar-refractivity contribution in [3.8, 4) is 0 Å². The molecule has 0 heterocycles. The molecule has 0 aromatic heterocycles. The monoisotopic (exact) mass is 381 g/mol. The molecule has 1 aliphatic carbocycles. The fraction of sp³-hybridized carbons (Fsp3) is 0.500. The van der Waals surface area contributed by atoms with Crippen molar-refractivity contribution in [2.45, 2.75) is 51.7 Å². The molecule has 1 amide bonds. The van der Waals surface area contributed by atoms with Gasteiger partial charge in [-0.3, -0.25) is 5.32 Å². The van der Waals surface area contributed by atoms with Crippen LogP contribution in [0.4, 0.5) is 4.79 Å². The lowest BCUT2D eigenvalue weighted by Crippen LogP contribution is -2.34. The minimum Gasteiger partial charge on any atom is -0.444 e. The molecule has 126 valence electrons. The van der Waals surface area contributed by atoms with Crippen LogP contribution in [0.15, 0.2) is 34.4 Å². The van der Waals surface area contributed by atoms with Gasteiger partial charge in [0.2, 0.25) is 0 Å². The van der Waals surface area contributed by atoms with Crippen molar-refractivity contribution >= 4 is 27.6 Å². The third-order valence-corrected chi connectivity index (χ3v) is 4.22. The van der Waals surface area contributed by atoms with Gasteiger partial charge in [-0.15, -0.1) is 0 Å². The van der Waals surface area contributed by atoms with Crippen LogP contribution in [0.1, 0.15) is 45.6 Å². The van der Waals surface area contributed by atoms with E-state index in [9.17, 15) is 4.79 Å². The highest BCUT2D eigenvalue weighted by Crippen LogP contribution is 2.33. The van der Waals surface area contributed by atoms with Gasteiger partial charge >= 0.3 is 6.09 Å². The Bertz CT molecular complexity index is 587. The van der Waals surface area contributed by atoms with E-state index in [4.69, 9.17) is 9.47 Å². The number of amides is 1. The number of carbonyl (C=O) groups excluding carboxylic acids is 1. The third kappa shape index (κ3) is 5.36. The number of allylic oxidation sites excluding steroid dienone is 1. The van der Waals surface area contributed by atoms with Crippen LogP contribution in [0.5, 0.6) is 0 Å². The predicted molar refractivity (Wildman–Crippen MR) is 95.1 cm³/mol. The average molecular weight is 382 g/mol. The molecule has 5 heteroatoms. The Balaban J connectivity index is 2.26. The maximum absolute atomic E-state index is 12.1. The summed E-state index contributed by atoms with van der Waals surface area (Å²) in [6.45, 7) is 5.58. The van der Waals surface area contributed by atoms with E-state index >= 15 is 0 Å². The summed E-state index contributed by atoms with van der Waals surface area (Å²) in [5.74, 6) is 0. The molecule has 0 saturated heterocycles. The van der Waals surface area contributed by atoms with Crippen molar-refractivity contribution in [1.82, 2.24) is 5.32 Å². The Hall–Kier alpha value is -1.33. The quantitative estimate of drug-likeness (QED) is 0.810. The zero-order valence-electron chi connectivity index (χ0n) is 14.1. The van der Waals surface area contributed by atoms with Crippen LogP contribution in [-0.4, -0.2) is 24.9 Å². The number of methoxy groups -OCH3 is 1. The van der Waals surface area contributed by atoms with Crippen molar-refractivity contribution in [1.29, 1.82) is 0 Å². The number of alkyl carbamates (subject to hydrolysis) is 1. The Labute approximate surface area is 146 Å². The molecule has 0 aliphatic heterocycles. The molecule has 1 unspecified atom stereocenters. The maximum Gasteiger partial charge on any atom is 0.411 e. The van der Waals surface area contributed by atoms with Crippen LogP contribution in [0, 0.1) is 0 Å². The van der Waals surface area contributed by atoms with Crippen molar-refractivity contribution in [2.24, 2.45) is 0 Å². The molecule has 1 aliphatic rings. The number of hydrogen-bond donors (Lipinski definition) is 1. The van der Waals surface area contributed by atoms with E-state index in [0.29, 0.717) is 0 Å². The Morgan fingerprint density at radius 1 is 1.26 bits per heavy atom. The lowest BCUT2D eigenvalue weighted by atomic mass is 9.89. The smallest absolute Gasteiger partial charge is 0.411 e. The van der Waals surface area contributed by atoms with Crippen LogP contribution in [0.25, 0.3) is 5.57 Å². The van der Waals surface area contributed by atoms with Gasteiger partial charge in [0.25, 0.3) is 0 Å². The van der Waals surface area contributed by atoms with Crippen molar-refractivity contribution < 1.29 is 14.3 Å². The van der Waals surface area contributed by atoms with E-state index in [2.05, 4.69) is 21.2 Å². The van der Waals surface area contributed by atoms with Crippen LogP contribution in [0.3, 0.4) is 0 Å². The highest BCUT2D eigenvalue weighted by molar-refractivity contribution is 9.10. The van der Waals surface area contributed by atoms with E-state index in [0.717, 1.165) is 40.6 Å². The molecule has 0 radical (unpaired) electrons. The Kier molecular flexibility index (Phi) is 5.87. The number of nitrogens with one attached hydrogen (secondary N) is 1. The molecular formula is C18H24BrNO3. The second kappa shape index (κ2) is 7.49. The van der Waals surface area contributed by atoms with Crippen molar-refractivity contribution in [3.05, 3.63) is 40.0 Å². The van der Waals surface area contributed by atoms with Gasteiger partial charge < -0.3 is 9.47 Å². The van der Waals surface area contributed by atoms with Crippen LogP contribution >= 0.6 is 15.9 Å². The number of benzene rings is 1. The molecule has 0 saturated carbocycles. The van der Waals surface area contributed by atoms with Crippen LogP contribution in [0.2, 0.25) is 0 Å². The lowest BCUT2D eigenvalue weighted by Gasteiger charge is -2.28. The zero-order valence-corrected chi connectivity index (χ0v) is 15.7. The first kappa shape index (κ1) is 18.0. The number of halogens is 1. The Morgan fingerprint density at radius 2 is 1.91 bits per heavy atom. The highest BCUT2D eigenvalue weighted by atomic mass is 79.9. The topological polar surface area (TPSA) is 47.6 Å². The molecule has 0 spiro atoms. The number of ether oxygens (including phenoxy) is 2. The third-order valence-electron chi connectivity index (χ3n) is 3.69. The minimum atomic E-state index is -0.508. The minimum absolute atomic E-state index is 0.179. The SMILES string of the molecule is COC1CCC(NC(=O)OC(C)(C)C)=C(c2ccc(Br)cc2)C1. The molecule has 1 N–H and O–H groups in total. The van der Waals surface area contributed by atoms with E-state index in [1.54, 1.807) is 7.11 Å². The first-order valence-corrected chi connectivity index (χ1v) is 8.58. The standard InChI is InChI=1S/C18H24BrNO3/c1-18(2,3)23-17(21)20-16-10-9-14(22-4)11-15(16)12-5-7-13(19)8-6-12/h5-8,14H,9-11H2,1-4H3,(H,20,21). The molecule has 2 rings (SSSR count). The molecule has 23 heavy (non-hydrogen) atoms. The lowest BCUT2D eigenvalue weighted by molar-refractivity contribution is 0.0535. The summed E-state index contributed by atoms with van der Waals surface area (Å²) in [6.07, 6.45) is 2.21. The van der Waals surface area contributed by atoms with E-state index in [1.165, 1.54) is 0 Å². The number of rotatable bonds is 3. The number of hydrogen-bond acceptors (Lipinski definition) is 3. The summed E-state index contributed by atoms with van der Waals surface area (Å²) in [4.78, 5) is 12.1. The van der Waals surface area contributed by atoms with Crippen molar-refractivity contribution in [2.75, 3.05) is 7.11 Å². The van der Waals surface area contributed by atoms with Crippen molar-refractivity contribution in [3.63, 3.8) is 0 Å². The summed E-state index contributed by atoms with van der Waals surface area (Å²) < 4.78 is 11.9. The zero-order chi connectivity index (χ0) is 17.0. The molecule has 4 nitrogen and oxygen atoms in total. The second-order valence-electron chi connectivity index (χ2n) is 6.69. The maximum atomic E-state index is 12.1. The van der Waals surface area contributed by atoms with E-state index in [-0.39, 0.29) is 6.10 Å². The van der Waals surface area contributed by atoms with Gasteiger partial charge in [-0.2, -0.15) is 0 Å². The molecule has 1 aromatic carbocycles. The Morgan fingerprint density at radius 3 is 2.48 bits per heavy atom. The number of carbonyl (C=O) groups is 1. The largest absolute Gasteiger partial charge is 0.444 e. The summed E-state index contributed by atoms with van der Waals surface area (Å²) in [6, 6.07) is 8.11. The highest BCUT2D eigenvalue weighted by Gasteiger charge is 2.25. The molecule has 0 bridgehead atoms. The molecule has 1 aromatic rings. The summed E-state index contributed by atoms with van der Waals surface area (Å²) >= 11 is 3.45. The summed E-state index contributed by atoms with van der Waals surface area (Å²) in [5.41, 5.74) is 2.63. The second-order valence-corrected chi connectivity index (χ2v) is 7.61. The summed E-state index contributed by atoms with van der Waals surface area (Å²) in [7, 11) is 1.73. The van der Waals surface area contributed by atoms with Crippen LogP contribution < -0.4 is 5.32 Å². The van der Waals surface area contributed by atoms with Gasteiger partial charge in [-0.05, 0) is 56.9 Å². The first-order chi connectivity index (χ1) is 10.8. The van der Waals surface area contributed by atoms with Gasteiger partial charge in [0.15, 0.2) is 0 Å². The molecule has 1 atom stereocenters. The predicted octanol–water partition coefficient (Wildman–Crippen LogP) is 4.88. The molecular weight excluding hydrogens is 358 g/mol. The molecule has 0 fully saturated rings. The van der Waals surface area contributed by atoms with Gasteiger partial charge in [0, 0.05) is 23.7 Å². The summed E-state index contributed by atoms with van der Waals surface area (Å²) in [5, 5.41) is 2.93. The van der Waals surface area contributed by atoms with Crippen LogP contribution in [-0.2, 0) is 9.47 Å². The van der Waals surface area contributed by atoms with Gasteiger partial charge in [0.1, 0.15) is 5.60 Å².